The zero-order chi connectivity index (χ0) is 12.7. The summed E-state index contributed by atoms with van der Waals surface area (Å²) in [7, 11) is 0. The van der Waals surface area contributed by atoms with Crippen molar-refractivity contribution < 1.29 is 9.18 Å². The molecule has 0 aliphatic heterocycles. The summed E-state index contributed by atoms with van der Waals surface area (Å²) in [5.74, 6) is 1.77. The van der Waals surface area contributed by atoms with E-state index in [1.807, 2.05) is 6.92 Å². The maximum Gasteiger partial charge on any atom is 0.223 e. The largest absolute Gasteiger partial charge is 0.349 e. The molecule has 1 N–H and O–H groups in total. The lowest BCUT2D eigenvalue weighted by molar-refractivity contribution is -0.125. The molecule has 0 heterocycles. The molecule has 2 aliphatic rings. The fraction of sp³-hybridized carbons (Fsp3) is 0.533. The highest BCUT2D eigenvalue weighted by atomic mass is 19.1. The smallest absolute Gasteiger partial charge is 0.223 e. The average molecular weight is 247 g/mol. The minimum Gasteiger partial charge on any atom is -0.349 e. The monoisotopic (exact) mass is 247 g/mol. The third-order valence-electron chi connectivity index (χ3n) is 4.34. The molecule has 0 bridgehead atoms. The van der Waals surface area contributed by atoms with Gasteiger partial charge in [-0.2, -0.15) is 0 Å². The first-order valence-corrected chi connectivity index (χ1v) is 6.69. The highest BCUT2D eigenvalue weighted by molar-refractivity contribution is 5.79. The van der Waals surface area contributed by atoms with Crippen LogP contribution in [0.1, 0.15) is 37.8 Å². The van der Waals surface area contributed by atoms with Gasteiger partial charge >= 0.3 is 0 Å². The van der Waals surface area contributed by atoms with Gasteiger partial charge in [-0.25, -0.2) is 4.39 Å². The Morgan fingerprint density at radius 1 is 1.22 bits per heavy atom. The van der Waals surface area contributed by atoms with Crippen molar-refractivity contribution in [2.45, 2.75) is 32.2 Å². The summed E-state index contributed by atoms with van der Waals surface area (Å²) in [6.45, 7) is 1.95. The highest BCUT2D eigenvalue weighted by Crippen LogP contribution is 2.54. The summed E-state index contributed by atoms with van der Waals surface area (Å²) in [5.41, 5.74) is 0.952. The Hall–Kier alpha value is -1.38. The van der Waals surface area contributed by atoms with Crippen molar-refractivity contribution in [1.29, 1.82) is 0 Å². The molecule has 1 amide bonds. The molecule has 2 aliphatic carbocycles. The van der Waals surface area contributed by atoms with E-state index in [0.717, 1.165) is 30.2 Å². The van der Waals surface area contributed by atoms with E-state index in [9.17, 15) is 9.18 Å². The van der Waals surface area contributed by atoms with Crippen molar-refractivity contribution in [1.82, 2.24) is 5.32 Å². The Balaban J connectivity index is 1.58. The van der Waals surface area contributed by atoms with Crippen LogP contribution in [0.4, 0.5) is 4.39 Å². The van der Waals surface area contributed by atoms with Crippen molar-refractivity contribution in [3.8, 4) is 0 Å². The quantitative estimate of drug-likeness (QED) is 0.874. The van der Waals surface area contributed by atoms with Crippen molar-refractivity contribution in [3.05, 3.63) is 35.6 Å². The van der Waals surface area contributed by atoms with Gasteiger partial charge in [0, 0.05) is 5.92 Å². The fourth-order valence-electron chi connectivity index (χ4n) is 3.09. The third kappa shape index (κ3) is 2.26. The second-order valence-corrected chi connectivity index (χ2v) is 5.71. The van der Waals surface area contributed by atoms with Gasteiger partial charge in [-0.3, -0.25) is 4.79 Å². The first-order valence-electron chi connectivity index (χ1n) is 6.69. The van der Waals surface area contributed by atoms with Crippen molar-refractivity contribution in [3.63, 3.8) is 0 Å². The van der Waals surface area contributed by atoms with Gasteiger partial charge in [0.2, 0.25) is 5.91 Å². The maximum atomic E-state index is 12.8. The molecule has 1 aromatic carbocycles. The van der Waals surface area contributed by atoms with Gasteiger partial charge in [0.1, 0.15) is 5.82 Å². The van der Waals surface area contributed by atoms with Crippen LogP contribution in [0.5, 0.6) is 0 Å². The number of hydrogen-bond acceptors (Lipinski definition) is 1. The molecule has 0 aromatic heterocycles. The van der Waals surface area contributed by atoms with Crippen LogP contribution in [0.25, 0.3) is 0 Å². The number of rotatable bonds is 3. The van der Waals surface area contributed by atoms with Crippen LogP contribution < -0.4 is 5.32 Å². The normalized spacial score (nSPS) is 30.7. The van der Waals surface area contributed by atoms with Crippen LogP contribution in [0.2, 0.25) is 0 Å². The molecule has 2 fully saturated rings. The topological polar surface area (TPSA) is 29.1 Å². The number of halogens is 1. The van der Waals surface area contributed by atoms with Gasteiger partial charge in [-0.15, -0.1) is 0 Å². The molecule has 3 rings (SSSR count). The van der Waals surface area contributed by atoms with Crippen molar-refractivity contribution in [2.24, 2.45) is 17.8 Å². The molecule has 3 heteroatoms. The molecule has 0 saturated heterocycles. The third-order valence-corrected chi connectivity index (χ3v) is 4.34. The highest BCUT2D eigenvalue weighted by Gasteiger charge is 2.48. The van der Waals surface area contributed by atoms with Gasteiger partial charge in [0.15, 0.2) is 0 Å². The standard InChI is InChI=1S/C15H18FNO/c1-9(10-2-4-14(16)5-3-10)17-15(18)13-7-11-6-12(11)8-13/h2-5,9,11-13H,6-8H2,1H3,(H,17,18)/t9-,11?,12?,13?/m0/s1. The zero-order valence-corrected chi connectivity index (χ0v) is 10.5. The van der Waals surface area contributed by atoms with E-state index in [4.69, 9.17) is 0 Å². The number of fused-ring (bicyclic) bond motifs is 1. The van der Waals surface area contributed by atoms with Crippen molar-refractivity contribution >= 4 is 5.91 Å². The summed E-state index contributed by atoms with van der Waals surface area (Å²) in [4.78, 5) is 12.1. The Morgan fingerprint density at radius 2 is 1.83 bits per heavy atom. The van der Waals surface area contributed by atoms with Crippen LogP contribution in [-0.2, 0) is 4.79 Å². The van der Waals surface area contributed by atoms with Crippen molar-refractivity contribution in [2.75, 3.05) is 0 Å². The molecule has 0 spiro atoms. The van der Waals surface area contributed by atoms with E-state index in [1.54, 1.807) is 12.1 Å². The molecular formula is C15H18FNO. The Kier molecular flexibility index (Phi) is 2.84. The lowest BCUT2D eigenvalue weighted by Crippen LogP contribution is -2.32. The number of nitrogens with one attached hydrogen (secondary N) is 1. The minimum absolute atomic E-state index is 0.0463. The number of hydrogen-bond donors (Lipinski definition) is 1. The van der Waals surface area contributed by atoms with E-state index in [0.29, 0.717) is 0 Å². The molecular weight excluding hydrogens is 229 g/mol. The molecule has 3 atom stereocenters. The molecule has 2 nitrogen and oxygen atoms in total. The minimum atomic E-state index is -0.242. The first-order chi connectivity index (χ1) is 8.63. The summed E-state index contributed by atoms with van der Waals surface area (Å²) in [5, 5.41) is 3.04. The molecule has 2 saturated carbocycles. The number of amides is 1. The Morgan fingerprint density at radius 3 is 2.44 bits per heavy atom. The summed E-state index contributed by atoms with van der Waals surface area (Å²) in [6, 6.07) is 6.28. The van der Waals surface area contributed by atoms with Gasteiger partial charge in [0.25, 0.3) is 0 Å². The van der Waals surface area contributed by atoms with E-state index in [1.165, 1.54) is 18.6 Å². The van der Waals surface area contributed by atoms with Crippen LogP contribution >= 0.6 is 0 Å². The number of carbonyl (C=O) groups is 1. The SMILES string of the molecule is C[C@H](NC(=O)C1CC2CC2C1)c1ccc(F)cc1. The van der Waals surface area contributed by atoms with E-state index in [-0.39, 0.29) is 23.7 Å². The number of carbonyl (C=O) groups excluding carboxylic acids is 1. The Bertz CT molecular complexity index is 446. The Labute approximate surface area is 107 Å². The van der Waals surface area contributed by atoms with E-state index in [2.05, 4.69) is 5.32 Å². The van der Waals surface area contributed by atoms with Crippen LogP contribution in [-0.4, -0.2) is 5.91 Å². The summed E-state index contributed by atoms with van der Waals surface area (Å²) >= 11 is 0. The lowest BCUT2D eigenvalue weighted by Gasteiger charge is -2.18. The zero-order valence-electron chi connectivity index (χ0n) is 10.5. The molecule has 96 valence electrons. The number of benzene rings is 1. The van der Waals surface area contributed by atoms with E-state index < -0.39 is 0 Å². The second-order valence-electron chi connectivity index (χ2n) is 5.71. The molecule has 1 aromatic rings. The second kappa shape index (κ2) is 4.38. The van der Waals surface area contributed by atoms with Gasteiger partial charge in [-0.05, 0) is 55.7 Å². The average Bonchev–Trinajstić information content (AvgIpc) is 2.96. The van der Waals surface area contributed by atoms with E-state index >= 15 is 0 Å². The molecule has 18 heavy (non-hydrogen) atoms. The van der Waals surface area contributed by atoms with Crippen LogP contribution in [0.3, 0.4) is 0 Å². The van der Waals surface area contributed by atoms with Gasteiger partial charge < -0.3 is 5.32 Å². The first kappa shape index (κ1) is 11.7. The summed E-state index contributed by atoms with van der Waals surface area (Å²) in [6.07, 6.45) is 3.45. The lowest BCUT2D eigenvalue weighted by atomic mass is 10.0. The maximum absolute atomic E-state index is 12.8. The molecule has 2 unspecified atom stereocenters. The summed E-state index contributed by atoms with van der Waals surface area (Å²) < 4.78 is 12.8. The molecule has 0 radical (unpaired) electrons. The predicted octanol–water partition coefficient (Wildman–Crippen LogP) is 3.05. The van der Waals surface area contributed by atoms with Gasteiger partial charge in [0.05, 0.1) is 6.04 Å². The predicted molar refractivity (Wildman–Crippen MR) is 67.3 cm³/mol. The van der Waals surface area contributed by atoms with Crippen LogP contribution in [0.15, 0.2) is 24.3 Å². The van der Waals surface area contributed by atoms with Gasteiger partial charge in [-0.1, -0.05) is 12.1 Å². The van der Waals surface area contributed by atoms with Crippen LogP contribution in [0, 0.1) is 23.6 Å². The fourth-order valence-corrected chi connectivity index (χ4v) is 3.09.